The Morgan fingerprint density at radius 2 is 1.78 bits per heavy atom. The standard InChI is InChI=1S/C22H25N3O2/c1-22(2)16-9-3-5-11-18(16)25(21(22)27)15-20-23-17-10-4-6-12-19(17)24(20)13-7-8-14-26/h3-6,9-12,26H,7-8,13-15H2,1-2H3. The molecule has 0 aliphatic carbocycles. The molecule has 5 nitrogen and oxygen atoms in total. The number of carbonyl (C=O) groups is 1. The molecule has 0 unspecified atom stereocenters. The molecule has 1 aliphatic heterocycles. The first-order valence-electron chi connectivity index (χ1n) is 9.50. The van der Waals surface area contributed by atoms with Gasteiger partial charge in [0.05, 0.1) is 23.0 Å². The summed E-state index contributed by atoms with van der Waals surface area (Å²) in [6.07, 6.45) is 1.63. The smallest absolute Gasteiger partial charge is 0.237 e. The van der Waals surface area contributed by atoms with E-state index in [2.05, 4.69) is 10.6 Å². The van der Waals surface area contributed by atoms with Gasteiger partial charge in [0.25, 0.3) is 0 Å². The Morgan fingerprint density at radius 1 is 1.04 bits per heavy atom. The third-order valence-electron chi connectivity index (χ3n) is 5.47. The highest BCUT2D eigenvalue weighted by atomic mass is 16.2. The van der Waals surface area contributed by atoms with Crippen molar-refractivity contribution in [3.05, 3.63) is 59.9 Å². The molecule has 0 spiro atoms. The minimum Gasteiger partial charge on any atom is -0.396 e. The molecule has 2 aromatic carbocycles. The quantitative estimate of drug-likeness (QED) is 0.680. The average molecular weight is 363 g/mol. The number of unbranched alkanes of at least 4 members (excludes halogenated alkanes) is 1. The zero-order chi connectivity index (χ0) is 19.0. The summed E-state index contributed by atoms with van der Waals surface area (Å²) in [7, 11) is 0. The monoisotopic (exact) mass is 363 g/mol. The van der Waals surface area contributed by atoms with E-state index in [1.807, 2.05) is 61.2 Å². The van der Waals surface area contributed by atoms with Gasteiger partial charge in [0.2, 0.25) is 5.91 Å². The van der Waals surface area contributed by atoms with E-state index in [4.69, 9.17) is 10.1 Å². The van der Waals surface area contributed by atoms with Crippen LogP contribution in [0.4, 0.5) is 5.69 Å². The lowest BCUT2D eigenvalue weighted by atomic mass is 9.86. The van der Waals surface area contributed by atoms with Crippen LogP contribution >= 0.6 is 0 Å². The number of hydrogen-bond donors (Lipinski definition) is 1. The number of aromatic nitrogens is 2. The molecule has 0 saturated heterocycles. The molecular formula is C22H25N3O2. The lowest BCUT2D eigenvalue weighted by molar-refractivity contribution is -0.122. The van der Waals surface area contributed by atoms with Gasteiger partial charge in [-0.25, -0.2) is 4.98 Å². The summed E-state index contributed by atoms with van der Waals surface area (Å²) in [6.45, 7) is 5.39. The number of aliphatic hydroxyl groups excluding tert-OH is 1. The maximum absolute atomic E-state index is 13.1. The first-order chi connectivity index (χ1) is 13.0. The molecule has 5 heteroatoms. The van der Waals surface area contributed by atoms with Gasteiger partial charge in [-0.05, 0) is 50.5 Å². The van der Waals surface area contributed by atoms with Crippen LogP contribution in [0.25, 0.3) is 11.0 Å². The number of fused-ring (bicyclic) bond motifs is 2. The van der Waals surface area contributed by atoms with Crippen LogP contribution in [0.15, 0.2) is 48.5 Å². The zero-order valence-electron chi connectivity index (χ0n) is 15.9. The molecule has 1 N–H and O–H groups in total. The molecule has 0 atom stereocenters. The van der Waals surface area contributed by atoms with Crippen molar-refractivity contribution < 1.29 is 9.90 Å². The summed E-state index contributed by atoms with van der Waals surface area (Å²) in [6, 6.07) is 16.1. The minimum atomic E-state index is -0.523. The fraction of sp³-hybridized carbons (Fsp3) is 0.364. The van der Waals surface area contributed by atoms with E-state index in [-0.39, 0.29) is 12.5 Å². The first-order valence-corrected chi connectivity index (χ1v) is 9.50. The number of aryl methyl sites for hydroxylation is 1. The summed E-state index contributed by atoms with van der Waals surface area (Å²) < 4.78 is 2.19. The Hall–Kier alpha value is -2.66. The van der Waals surface area contributed by atoms with Crippen LogP contribution < -0.4 is 4.90 Å². The summed E-state index contributed by atoms with van der Waals surface area (Å²) >= 11 is 0. The van der Waals surface area contributed by atoms with E-state index in [1.54, 1.807) is 0 Å². The SMILES string of the molecule is CC1(C)C(=O)N(Cc2nc3ccccc3n2CCCCO)c2ccccc21. The zero-order valence-corrected chi connectivity index (χ0v) is 15.9. The van der Waals surface area contributed by atoms with E-state index in [0.717, 1.165) is 47.5 Å². The van der Waals surface area contributed by atoms with Crippen LogP contribution in [0.3, 0.4) is 0 Å². The molecule has 1 aromatic heterocycles. The van der Waals surface area contributed by atoms with Crippen molar-refractivity contribution in [2.45, 2.75) is 45.2 Å². The average Bonchev–Trinajstić information content (AvgIpc) is 3.11. The van der Waals surface area contributed by atoms with Crippen molar-refractivity contribution in [3.8, 4) is 0 Å². The van der Waals surface area contributed by atoms with E-state index < -0.39 is 5.41 Å². The molecule has 1 amide bonds. The van der Waals surface area contributed by atoms with Gasteiger partial charge in [0, 0.05) is 18.8 Å². The van der Waals surface area contributed by atoms with Crippen molar-refractivity contribution in [1.82, 2.24) is 9.55 Å². The van der Waals surface area contributed by atoms with Crippen LogP contribution in [-0.4, -0.2) is 27.2 Å². The molecule has 1 aliphatic rings. The third-order valence-corrected chi connectivity index (χ3v) is 5.47. The van der Waals surface area contributed by atoms with Crippen molar-refractivity contribution in [2.75, 3.05) is 11.5 Å². The van der Waals surface area contributed by atoms with Crippen LogP contribution in [0.5, 0.6) is 0 Å². The molecule has 3 aromatic rings. The summed E-state index contributed by atoms with van der Waals surface area (Å²) in [5, 5.41) is 9.13. The minimum absolute atomic E-state index is 0.109. The Balaban J connectivity index is 1.73. The first kappa shape index (κ1) is 17.7. The van der Waals surface area contributed by atoms with Crippen LogP contribution in [0.2, 0.25) is 0 Å². The summed E-state index contributed by atoms with van der Waals surface area (Å²) in [5.41, 5.74) is 3.53. The van der Waals surface area contributed by atoms with E-state index >= 15 is 0 Å². The third kappa shape index (κ3) is 2.92. The number of hydrogen-bond acceptors (Lipinski definition) is 3. The van der Waals surface area contributed by atoms with Crippen LogP contribution in [-0.2, 0) is 23.3 Å². The second kappa shape index (κ2) is 6.82. The fourth-order valence-corrected chi connectivity index (χ4v) is 3.98. The molecule has 2 heterocycles. The molecule has 4 rings (SSSR count). The Morgan fingerprint density at radius 3 is 2.59 bits per heavy atom. The highest BCUT2D eigenvalue weighted by Crippen LogP contribution is 2.42. The molecule has 140 valence electrons. The number of amides is 1. The van der Waals surface area contributed by atoms with Crippen molar-refractivity contribution >= 4 is 22.6 Å². The number of benzene rings is 2. The molecule has 27 heavy (non-hydrogen) atoms. The lowest BCUT2D eigenvalue weighted by Gasteiger charge is -2.21. The van der Waals surface area contributed by atoms with Gasteiger partial charge in [-0.3, -0.25) is 4.79 Å². The normalized spacial score (nSPS) is 15.5. The second-order valence-electron chi connectivity index (χ2n) is 7.63. The maximum atomic E-state index is 13.1. The maximum Gasteiger partial charge on any atom is 0.237 e. The largest absolute Gasteiger partial charge is 0.396 e. The van der Waals surface area contributed by atoms with E-state index in [9.17, 15) is 4.79 Å². The van der Waals surface area contributed by atoms with Gasteiger partial charge in [0.15, 0.2) is 0 Å². The molecule has 0 saturated carbocycles. The second-order valence-corrected chi connectivity index (χ2v) is 7.63. The predicted molar refractivity (Wildman–Crippen MR) is 107 cm³/mol. The molecule has 0 radical (unpaired) electrons. The molecular weight excluding hydrogens is 338 g/mol. The summed E-state index contributed by atoms with van der Waals surface area (Å²) in [4.78, 5) is 19.8. The fourth-order valence-electron chi connectivity index (χ4n) is 3.98. The number of nitrogens with zero attached hydrogens (tertiary/aromatic N) is 3. The number of imidazole rings is 1. The van der Waals surface area contributed by atoms with Crippen molar-refractivity contribution in [3.63, 3.8) is 0 Å². The Bertz CT molecular complexity index is 990. The van der Waals surface area contributed by atoms with Crippen molar-refractivity contribution in [1.29, 1.82) is 0 Å². The number of carbonyl (C=O) groups excluding carboxylic acids is 1. The number of anilines is 1. The highest BCUT2D eigenvalue weighted by Gasteiger charge is 2.43. The van der Waals surface area contributed by atoms with Gasteiger partial charge in [-0.2, -0.15) is 0 Å². The van der Waals surface area contributed by atoms with E-state index in [0.29, 0.717) is 6.54 Å². The van der Waals surface area contributed by atoms with Crippen LogP contribution in [0.1, 0.15) is 38.1 Å². The van der Waals surface area contributed by atoms with Gasteiger partial charge >= 0.3 is 0 Å². The Kier molecular flexibility index (Phi) is 4.48. The van der Waals surface area contributed by atoms with Gasteiger partial charge < -0.3 is 14.6 Å². The van der Waals surface area contributed by atoms with Gasteiger partial charge in [-0.15, -0.1) is 0 Å². The lowest BCUT2D eigenvalue weighted by Crippen LogP contribution is -2.36. The Labute approximate surface area is 159 Å². The highest BCUT2D eigenvalue weighted by molar-refractivity contribution is 6.07. The van der Waals surface area contributed by atoms with E-state index in [1.165, 1.54) is 0 Å². The number of rotatable bonds is 6. The van der Waals surface area contributed by atoms with Crippen LogP contribution in [0, 0.1) is 0 Å². The topological polar surface area (TPSA) is 58.4 Å². The predicted octanol–water partition coefficient (Wildman–Crippen LogP) is 3.63. The van der Waals surface area contributed by atoms with Gasteiger partial charge in [0.1, 0.15) is 5.82 Å². The number of aliphatic hydroxyl groups is 1. The van der Waals surface area contributed by atoms with Gasteiger partial charge in [-0.1, -0.05) is 30.3 Å². The molecule has 0 bridgehead atoms. The molecule has 0 fully saturated rings. The number of para-hydroxylation sites is 3. The van der Waals surface area contributed by atoms with Crippen molar-refractivity contribution in [2.24, 2.45) is 0 Å². The summed E-state index contributed by atoms with van der Waals surface area (Å²) in [5.74, 6) is 0.993.